The van der Waals surface area contributed by atoms with Crippen molar-refractivity contribution in [3.8, 4) is 0 Å². The van der Waals surface area contributed by atoms with Crippen LogP contribution in [0, 0.1) is 0 Å². The lowest BCUT2D eigenvalue weighted by Crippen LogP contribution is -2.11. The van der Waals surface area contributed by atoms with Gasteiger partial charge in [0.1, 0.15) is 5.52 Å². The van der Waals surface area contributed by atoms with Crippen molar-refractivity contribution in [2.45, 2.75) is 12.5 Å². The number of rotatable bonds is 5. The van der Waals surface area contributed by atoms with E-state index in [-0.39, 0.29) is 6.04 Å². The number of azide groups is 1. The van der Waals surface area contributed by atoms with Crippen molar-refractivity contribution in [1.82, 2.24) is 15.0 Å². The average molecular weight is 290 g/mol. The van der Waals surface area contributed by atoms with Gasteiger partial charge in [-0.2, -0.15) is 0 Å². The summed E-state index contributed by atoms with van der Waals surface area (Å²) in [5, 5.41) is 12.1. The van der Waals surface area contributed by atoms with Crippen LogP contribution in [0.5, 0.6) is 0 Å². The molecule has 108 valence electrons. The van der Waals surface area contributed by atoms with Crippen LogP contribution in [0.15, 0.2) is 66.3 Å². The molecule has 0 amide bonds. The monoisotopic (exact) mass is 290 g/mol. The molecule has 2 aromatic carbocycles. The van der Waals surface area contributed by atoms with Crippen molar-refractivity contribution in [1.29, 1.82) is 0 Å². The Labute approximate surface area is 127 Å². The van der Waals surface area contributed by atoms with Gasteiger partial charge in [-0.15, -0.1) is 11.7 Å². The topological polar surface area (TPSA) is 79.5 Å². The second-order valence-corrected chi connectivity index (χ2v) is 4.84. The van der Waals surface area contributed by atoms with Gasteiger partial charge in [0.2, 0.25) is 0 Å². The molecule has 3 rings (SSSR count). The molecule has 1 aromatic heterocycles. The summed E-state index contributed by atoms with van der Waals surface area (Å²) >= 11 is 0. The first-order chi connectivity index (χ1) is 10.8. The number of aromatic nitrogens is 3. The number of benzene rings is 2. The second kappa shape index (κ2) is 6.11. The van der Waals surface area contributed by atoms with Gasteiger partial charge in [-0.25, -0.2) is 4.68 Å². The number of nitrogens with zero attached hydrogens (tertiary/aromatic N) is 6. The summed E-state index contributed by atoms with van der Waals surface area (Å²) in [6.45, 7) is 3.83. The Morgan fingerprint density at radius 1 is 1.23 bits per heavy atom. The lowest BCUT2D eigenvalue weighted by atomic mass is 10.0. The van der Waals surface area contributed by atoms with Gasteiger partial charge >= 0.3 is 0 Å². The Balaban J connectivity index is 2.05. The molecule has 22 heavy (non-hydrogen) atoms. The minimum absolute atomic E-state index is 0.00464. The van der Waals surface area contributed by atoms with Gasteiger partial charge in [-0.3, -0.25) is 0 Å². The van der Waals surface area contributed by atoms with Crippen LogP contribution in [-0.4, -0.2) is 15.0 Å². The molecule has 0 aliphatic carbocycles. The van der Waals surface area contributed by atoms with Gasteiger partial charge < -0.3 is 0 Å². The summed E-state index contributed by atoms with van der Waals surface area (Å²) in [6.07, 6.45) is 2.59. The van der Waals surface area contributed by atoms with Crippen molar-refractivity contribution in [2.75, 3.05) is 0 Å². The molecule has 0 bridgehead atoms. The van der Waals surface area contributed by atoms with E-state index in [4.69, 9.17) is 5.53 Å². The van der Waals surface area contributed by atoms with Crippen LogP contribution in [0.25, 0.3) is 21.5 Å². The highest BCUT2D eigenvalue weighted by atomic mass is 15.4. The van der Waals surface area contributed by atoms with Gasteiger partial charge in [0.05, 0.1) is 11.6 Å². The van der Waals surface area contributed by atoms with Crippen molar-refractivity contribution < 1.29 is 0 Å². The normalized spacial score (nSPS) is 11.8. The summed E-state index contributed by atoms with van der Waals surface area (Å²) in [5.41, 5.74) is 12.0. The third kappa shape index (κ3) is 2.55. The predicted molar refractivity (Wildman–Crippen MR) is 85.7 cm³/mol. The van der Waals surface area contributed by atoms with Crippen LogP contribution < -0.4 is 0 Å². The largest absolute Gasteiger partial charge is 0.237 e. The first-order valence-corrected chi connectivity index (χ1v) is 6.89. The van der Waals surface area contributed by atoms with Gasteiger partial charge in [0.25, 0.3) is 0 Å². The molecule has 0 saturated carbocycles. The van der Waals surface area contributed by atoms with Crippen LogP contribution >= 0.6 is 0 Å². The summed E-state index contributed by atoms with van der Waals surface area (Å²) in [6, 6.07) is 15.3. The quantitative estimate of drug-likeness (QED) is 0.299. The van der Waals surface area contributed by atoms with Gasteiger partial charge in [-0.05, 0) is 29.6 Å². The molecule has 6 nitrogen and oxygen atoms in total. The van der Waals surface area contributed by atoms with E-state index in [0.29, 0.717) is 5.69 Å². The minimum atomic E-state index is 0.00464. The average Bonchev–Trinajstić information content (AvgIpc) is 2.98. The molecule has 0 saturated heterocycles. The van der Waals surface area contributed by atoms with Crippen molar-refractivity contribution in [3.63, 3.8) is 0 Å². The zero-order valence-corrected chi connectivity index (χ0v) is 11.9. The van der Waals surface area contributed by atoms with E-state index >= 15 is 0 Å². The molecule has 1 atom stereocenters. The van der Waals surface area contributed by atoms with Crippen LogP contribution in [0.4, 0.5) is 5.69 Å². The van der Waals surface area contributed by atoms with Crippen molar-refractivity contribution in [3.05, 3.63) is 77.2 Å². The Hall–Kier alpha value is -3.11. The SMILES string of the molecule is C=CCC(c1ccc(N=[N+]=[N-])cc1)n1nnc2ccccc21. The number of hydrogen-bond donors (Lipinski definition) is 0. The highest BCUT2D eigenvalue weighted by molar-refractivity contribution is 5.74. The standard InChI is InChI=1S/C16H14N6/c1-2-5-15(12-8-10-13(11-9-12)18-20-17)22-16-7-4-3-6-14(16)19-21-22/h2-4,6-11,15H,1,5H2. The maximum Gasteiger partial charge on any atom is 0.113 e. The third-order valence-electron chi connectivity index (χ3n) is 3.50. The zero-order chi connectivity index (χ0) is 15.4. The predicted octanol–water partition coefficient (Wildman–Crippen LogP) is 4.54. The first kappa shape index (κ1) is 13.9. The molecule has 0 aliphatic heterocycles. The van der Waals surface area contributed by atoms with Crippen LogP contribution in [0.3, 0.4) is 0 Å². The maximum absolute atomic E-state index is 8.47. The van der Waals surface area contributed by atoms with Gasteiger partial charge in [0.15, 0.2) is 0 Å². The highest BCUT2D eigenvalue weighted by Gasteiger charge is 2.16. The maximum atomic E-state index is 8.47. The second-order valence-electron chi connectivity index (χ2n) is 4.84. The highest BCUT2D eigenvalue weighted by Crippen LogP contribution is 2.27. The minimum Gasteiger partial charge on any atom is -0.237 e. The molecular weight excluding hydrogens is 276 g/mol. The smallest absolute Gasteiger partial charge is 0.113 e. The lowest BCUT2D eigenvalue weighted by molar-refractivity contribution is 0.526. The molecule has 6 heteroatoms. The number of para-hydroxylation sites is 1. The zero-order valence-electron chi connectivity index (χ0n) is 11.9. The summed E-state index contributed by atoms with van der Waals surface area (Å²) in [4.78, 5) is 2.79. The fourth-order valence-corrected chi connectivity index (χ4v) is 2.47. The number of hydrogen-bond acceptors (Lipinski definition) is 3. The van der Waals surface area contributed by atoms with E-state index in [2.05, 4.69) is 26.9 Å². The molecule has 0 radical (unpaired) electrons. The Morgan fingerprint density at radius 3 is 2.73 bits per heavy atom. The van der Waals surface area contributed by atoms with E-state index in [1.54, 1.807) is 12.1 Å². The molecule has 0 spiro atoms. The van der Waals surface area contributed by atoms with Crippen LogP contribution in [0.1, 0.15) is 18.0 Å². The Bertz CT molecular complexity index is 842. The van der Waals surface area contributed by atoms with Crippen LogP contribution in [0.2, 0.25) is 0 Å². The summed E-state index contributed by atoms with van der Waals surface area (Å²) in [5.74, 6) is 0. The van der Waals surface area contributed by atoms with Gasteiger partial charge in [0, 0.05) is 10.6 Å². The molecule has 1 unspecified atom stereocenters. The molecule has 3 aromatic rings. The fraction of sp³-hybridized carbons (Fsp3) is 0.125. The van der Waals surface area contributed by atoms with Crippen molar-refractivity contribution >= 4 is 16.7 Å². The lowest BCUT2D eigenvalue weighted by Gasteiger charge is -2.16. The number of fused-ring (bicyclic) bond motifs is 1. The van der Waals surface area contributed by atoms with E-state index in [0.717, 1.165) is 23.0 Å². The van der Waals surface area contributed by atoms with Gasteiger partial charge in [-0.1, -0.05) is 52.8 Å². The number of allylic oxidation sites excluding steroid dienone is 1. The van der Waals surface area contributed by atoms with E-state index in [1.807, 2.05) is 47.2 Å². The van der Waals surface area contributed by atoms with E-state index in [1.165, 1.54) is 0 Å². The third-order valence-corrected chi connectivity index (χ3v) is 3.50. The molecule has 0 fully saturated rings. The molecular formula is C16H14N6. The molecule has 1 heterocycles. The fourth-order valence-electron chi connectivity index (χ4n) is 2.47. The molecule has 0 aliphatic rings. The first-order valence-electron chi connectivity index (χ1n) is 6.89. The van der Waals surface area contributed by atoms with Crippen LogP contribution in [-0.2, 0) is 0 Å². The summed E-state index contributed by atoms with van der Waals surface area (Å²) < 4.78 is 1.90. The molecule has 0 N–H and O–H groups in total. The Morgan fingerprint density at radius 2 is 2.00 bits per heavy atom. The van der Waals surface area contributed by atoms with E-state index < -0.39 is 0 Å². The summed E-state index contributed by atoms with van der Waals surface area (Å²) in [7, 11) is 0. The van der Waals surface area contributed by atoms with Crippen molar-refractivity contribution in [2.24, 2.45) is 5.11 Å². The van der Waals surface area contributed by atoms with E-state index in [9.17, 15) is 0 Å². The Kier molecular flexibility index (Phi) is 3.85.